The molecule has 1 aliphatic rings. The molecule has 1 saturated heterocycles. The van der Waals surface area contributed by atoms with Gasteiger partial charge in [0.1, 0.15) is 0 Å². The van der Waals surface area contributed by atoms with Crippen LogP contribution >= 0.6 is 0 Å². The van der Waals surface area contributed by atoms with Crippen molar-refractivity contribution >= 4 is 5.97 Å². The van der Waals surface area contributed by atoms with Crippen LogP contribution in [0.5, 0.6) is 0 Å². The zero-order chi connectivity index (χ0) is 12.5. The summed E-state index contributed by atoms with van der Waals surface area (Å²) in [5, 5.41) is 3.43. The minimum absolute atomic E-state index is 0.0924. The van der Waals surface area contributed by atoms with Crippen molar-refractivity contribution in [2.75, 3.05) is 33.3 Å². The van der Waals surface area contributed by atoms with Gasteiger partial charge in [0.25, 0.3) is 0 Å². The van der Waals surface area contributed by atoms with E-state index in [-0.39, 0.29) is 5.97 Å². The zero-order valence-electron chi connectivity index (χ0n) is 11.2. The maximum atomic E-state index is 11.1. The molecule has 4 heteroatoms. The van der Waals surface area contributed by atoms with E-state index in [0.717, 1.165) is 26.1 Å². The molecule has 0 bridgehead atoms. The van der Waals surface area contributed by atoms with Crippen LogP contribution in [0.15, 0.2) is 0 Å². The number of carbonyl (C=O) groups is 1. The van der Waals surface area contributed by atoms with Crippen molar-refractivity contribution in [2.45, 2.75) is 45.1 Å². The first-order chi connectivity index (χ1) is 8.27. The third-order valence-electron chi connectivity index (χ3n) is 3.43. The summed E-state index contributed by atoms with van der Waals surface area (Å²) in [6.07, 6.45) is 5.37. The molecule has 100 valence electrons. The standard InChI is InChI=1S/C13H26N2O2/c1-3-14-11-12-7-4-5-9-15(12)10-6-8-13(16)17-2/h12,14H,3-11H2,1-2H3. The normalized spacial score (nSPS) is 21.4. The lowest BCUT2D eigenvalue weighted by atomic mass is 10.0. The first-order valence-electron chi connectivity index (χ1n) is 6.79. The molecule has 0 amide bonds. The Hall–Kier alpha value is -0.610. The third kappa shape index (κ3) is 5.50. The van der Waals surface area contributed by atoms with Crippen molar-refractivity contribution in [3.05, 3.63) is 0 Å². The largest absolute Gasteiger partial charge is 0.469 e. The van der Waals surface area contributed by atoms with Gasteiger partial charge < -0.3 is 10.1 Å². The Morgan fingerprint density at radius 3 is 3.00 bits per heavy atom. The van der Waals surface area contributed by atoms with Gasteiger partial charge >= 0.3 is 5.97 Å². The fourth-order valence-electron chi connectivity index (χ4n) is 2.43. The van der Waals surface area contributed by atoms with Gasteiger partial charge in [0.15, 0.2) is 0 Å². The van der Waals surface area contributed by atoms with Crippen LogP contribution in [0.1, 0.15) is 39.0 Å². The second-order valence-electron chi connectivity index (χ2n) is 4.67. The molecule has 1 rings (SSSR count). The zero-order valence-corrected chi connectivity index (χ0v) is 11.2. The maximum Gasteiger partial charge on any atom is 0.305 e. The molecule has 1 unspecified atom stereocenters. The second-order valence-corrected chi connectivity index (χ2v) is 4.67. The number of ether oxygens (including phenoxy) is 1. The molecule has 1 aliphatic heterocycles. The van der Waals surface area contributed by atoms with E-state index in [1.54, 1.807) is 0 Å². The number of nitrogens with one attached hydrogen (secondary N) is 1. The third-order valence-corrected chi connectivity index (χ3v) is 3.43. The number of nitrogens with zero attached hydrogens (tertiary/aromatic N) is 1. The molecule has 1 N–H and O–H groups in total. The molecule has 17 heavy (non-hydrogen) atoms. The highest BCUT2D eigenvalue weighted by molar-refractivity contribution is 5.69. The average molecular weight is 242 g/mol. The van der Waals surface area contributed by atoms with Gasteiger partial charge in [-0.25, -0.2) is 0 Å². The summed E-state index contributed by atoms with van der Waals surface area (Å²) in [5.41, 5.74) is 0. The van der Waals surface area contributed by atoms with Crippen molar-refractivity contribution in [1.29, 1.82) is 0 Å². The minimum atomic E-state index is -0.0924. The van der Waals surface area contributed by atoms with Crippen molar-refractivity contribution in [1.82, 2.24) is 10.2 Å². The van der Waals surface area contributed by atoms with Crippen LogP contribution in [0, 0.1) is 0 Å². The molecule has 1 heterocycles. The topological polar surface area (TPSA) is 41.6 Å². The van der Waals surface area contributed by atoms with Crippen LogP contribution in [0.4, 0.5) is 0 Å². The Balaban J connectivity index is 2.24. The summed E-state index contributed by atoms with van der Waals surface area (Å²) in [4.78, 5) is 13.6. The minimum Gasteiger partial charge on any atom is -0.469 e. The number of hydrogen-bond acceptors (Lipinski definition) is 4. The van der Waals surface area contributed by atoms with E-state index in [1.807, 2.05) is 0 Å². The fraction of sp³-hybridized carbons (Fsp3) is 0.923. The summed E-state index contributed by atoms with van der Waals surface area (Å²) in [6, 6.07) is 0.654. The lowest BCUT2D eigenvalue weighted by Crippen LogP contribution is -2.45. The number of rotatable bonds is 7. The van der Waals surface area contributed by atoms with Crippen LogP contribution in [0.3, 0.4) is 0 Å². The Labute approximate surface area is 105 Å². The van der Waals surface area contributed by atoms with E-state index in [9.17, 15) is 4.79 Å². The Morgan fingerprint density at radius 2 is 2.29 bits per heavy atom. The quantitative estimate of drug-likeness (QED) is 0.685. The average Bonchev–Trinajstić information content (AvgIpc) is 2.37. The molecule has 0 radical (unpaired) electrons. The number of methoxy groups -OCH3 is 1. The lowest BCUT2D eigenvalue weighted by Gasteiger charge is -2.35. The molecular weight excluding hydrogens is 216 g/mol. The Morgan fingerprint density at radius 1 is 1.47 bits per heavy atom. The van der Waals surface area contributed by atoms with Gasteiger partial charge in [0, 0.05) is 19.0 Å². The Bertz CT molecular complexity index is 221. The predicted octanol–water partition coefficient (Wildman–Crippen LogP) is 1.40. The van der Waals surface area contributed by atoms with Crippen LogP contribution in [-0.4, -0.2) is 50.2 Å². The highest BCUT2D eigenvalue weighted by atomic mass is 16.5. The number of hydrogen-bond donors (Lipinski definition) is 1. The predicted molar refractivity (Wildman–Crippen MR) is 69.0 cm³/mol. The first-order valence-corrected chi connectivity index (χ1v) is 6.79. The van der Waals surface area contributed by atoms with E-state index in [0.29, 0.717) is 12.5 Å². The highest BCUT2D eigenvalue weighted by Crippen LogP contribution is 2.17. The van der Waals surface area contributed by atoms with Crippen LogP contribution < -0.4 is 5.32 Å². The van der Waals surface area contributed by atoms with Gasteiger partial charge in [0.05, 0.1) is 7.11 Å². The van der Waals surface area contributed by atoms with Crippen molar-refractivity contribution in [2.24, 2.45) is 0 Å². The first kappa shape index (κ1) is 14.5. The van der Waals surface area contributed by atoms with Crippen molar-refractivity contribution in [3.8, 4) is 0 Å². The molecule has 0 aromatic heterocycles. The molecular formula is C13H26N2O2. The summed E-state index contributed by atoms with van der Waals surface area (Å²) >= 11 is 0. The maximum absolute atomic E-state index is 11.1. The molecule has 0 aliphatic carbocycles. The second kappa shape index (κ2) is 8.48. The number of carbonyl (C=O) groups excluding carboxylic acids is 1. The number of piperidine rings is 1. The van der Waals surface area contributed by atoms with Gasteiger partial charge in [-0.1, -0.05) is 13.3 Å². The smallest absolute Gasteiger partial charge is 0.305 e. The van der Waals surface area contributed by atoms with E-state index < -0.39 is 0 Å². The monoisotopic (exact) mass is 242 g/mol. The molecule has 0 aromatic rings. The highest BCUT2D eigenvalue weighted by Gasteiger charge is 2.21. The lowest BCUT2D eigenvalue weighted by molar-refractivity contribution is -0.140. The van der Waals surface area contributed by atoms with E-state index in [4.69, 9.17) is 0 Å². The summed E-state index contributed by atoms with van der Waals surface area (Å²) in [6.45, 7) is 6.45. The van der Waals surface area contributed by atoms with Crippen molar-refractivity contribution in [3.63, 3.8) is 0 Å². The molecule has 1 atom stereocenters. The fourth-order valence-corrected chi connectivity index (χ4v) is 2.43. The Kier molecular flexibility index (Phi) is 7.21. The van der Waals surface area contributed by atoms with Gasteiger partial charge in [-0.2, -0.15) is 0 Å². The number of likely N-dealkylation sites (N-methyl/N-ethyl adjacent to an activating group) is 1. The van der Waals surface area contributed by atoms with E-state index in [1.165, 1.54) is 32.9 Å². The van der Waals surface area contributed by atoms with Crippen LogP contribution in [0.2, 0.25) is 0 Å². The summed E-state index contributed by atoms with van der Waals surface area (Å²) in [5.74, 6) is -0.0924. The molecule has 4 nitrogen and oxygen atoms in total. The number of likely N-dealkylation sites (tertiary alicyclic amines) is 1. The molecule has 0 saturated carbocycles. The van der Waals surface area contributed by atoms with Crippen LogP contribution in [0.25, 0.3) is 0 Å². The van der Waals surface area contributed by atoms with Gasteiger partial charge in [0.2, 0.25) is 0 Å². The molecule has 0 spiro atoms. The number of esters is 1. The van der Waals surface area contributed by atoms with E-state index in [2.05, 4.69) is 21.9 Å². The summed E-state index contributed by atoms with van der Waals surface area (Å²) in [7, 11) is 1.46. The molecule has 1 fully saturated rings. The summed E-state index contributed by atoms with van der Waals surface area (Å²) < 4.78 is 4.66. The molecule has 0 aromatic carbocycles. The SMILES string of the molecule is CCNCC1CCCCN1CCCC(=O)OC. The van der Waals surface area contributed by atoms with Gasteiger partial charge in [-0.05, 0) is 38.9 Å². The van der Waals surface area contributed by atoms with Crippen LogP contribution in [-0.2, 0) is 9.53 Å². The van der Waals surface area contributed by atoms with Gasteiger partial charge in [-0.3, -0.25) is 9.69 Å². The van der Waals surface area contributed by atoms with Gasteiger partial charge in [-0.15, -0.1) is 0 Å². The van der Waals surface area contributed by atoms with E-state index >= 15 is 0 Å². The van der Waals surface area contributed by atoms with Crippen molar-refractivity contribution < 1.29 is 9.53 Å².